The molecule has 1 N–H and O–H groups in total. The minimum absolute atomic E-state index is 0.0120. The maximum absolute atomic E-state index is 13.7. The van der Waals surface area contributed by atoms with E-state index in [1.54, 1.807) is 43.5 Å². The minimum Gasteiger partial charge on any atom is -0.497 e. The fourth-order valence-corrected chi connectivity index (χ4v) is 5.45. The van der Waals surface area contributed by atoms with Gasteiger partial charge in [0.15, 0.2) is 0 Å². The van der Waals surface area contributed by atoms with Crippen LogP contribution in [0, 0.1) is 6.92 Å². The molecule has 12 heteroatoms. The Morgan fingerprint density at radius 1 is 0.975 bits per heavy atom. The second-order valence-electron chi connectivity index (χ2n) is 8.58. The van der Waals surface area contributed by atoms with Crippen LogP contribution < -0.4 is 23.9 Å². The van der Waals surface area contributed by atoms with Gasteiger partial charge in [-0.05, 0) is 49.4 Å². The van der Waals surface area contributed by atoms with Crippen molar-refractivity contribution in [3.8, 4) is 17.2 Å². The predicted molar refractivity (Wildman–Crippen MR) is 154 cm³/mol. The van der Waals surface area contributed by atoms with Crippen LogP contribution in [-0.2, 0) is 14.8 Å². The smallest absolute Gasteiger partial charge is 0.264 e. The van der Waals surface area contributed by atoms with Gasteiger partial charge in [-0.25, -0.2) is 18.8 Å². The summed E-state index contributed by atoms with van der Waals surface area (Å²) in [6.07, 6.45) is 1.34. The second kappa shape index (κ2) is 12.2. The number of carbonyl (C=O) groups is 1. The quantitative estimate of drug-likeness (QED) is 0.165. The van der Waals surface area contributed by atoms with Crippen LogP contribution in [0.1, 0.15) is 11.1 Å². The first-order valence-corrected chi connectivity index (χ1v) is 13.8. The van der Waals surface area contributed by atoms with Gasteiger partial charge in [-0.3, -0.25) is 9.10 Å². The average Bonchev–Trinajstić information content (AvgIpc) is 2.95. The number of fused-ring (bicyclic) bond motifs is 1. The van der Waals surface area contributed by atoms with E-state index in [0.29, 0.717) is 22.6 Å². The summed E-state index contributed by atoms with van der Waals surface area (Å²) in [6.45, 7) is 1.26. The minimum atomic E-state index is -4.17. The number of methoxy groups -OCH3 is 3. The third-order valence-corrected chi connectivity index (χ3v) is 8.03. The van der Waals surface area contributed by atoms with Crippen molar-refractivity contribution in [2.75, 3.05) is 32.2 Å². The summed E-state index contributed by atoms with van der Waals surface area (Å²) >= 11 is 6.31. The maximum atomic E-state index is 13.7. The summed E-state index contributed by atoms with van der Waals surface area (Å²) in [5.74, 6) is 0.612. The third-order valence-electron chi connectivity index (χ3n) is 5.95. The molecule has 0 spiro atoms. The Morgan fingerprint density at radius 2 is 1.65 bits per heavy atom. The molecule has 0 fully saturated rings. The number of amides is 1. The van der Waals surface area contributed by atoms with E-state index in [4.69, 9.17) is 25.8 Å². The Kier molecular flexibility index (Phi) is 8.76. The number of benzene rings is 3. The first-order valence-electron chi connectivity index (χ1n) is 11.9. The molecule has 208 valence electrons. The van der Waals surface area contributed by atoms with Gasteiger partial charge in [-0.2, -0.15) is 5.10 Å². The zero-order valence-electron chi connectivity index (χ0n) is 22.2. The number of aromatic nitrogens is 1. The summed E-state index contributed by atoms with van der Waals surface area (Å²) in [7, 11) is 0.267. The highest BCUT2D eigenvalue weighted by molar-refractivity contribution is 7.92. The Bertz CT molecular complexity index is 1680. The summed E-state index contributed by atoms with van der Waals surface area (Å²) in [4.78, 5) is 17.3. The molecule has 4 aromatic rings. The first-order chi connectivity index (χ1) is 19.2. The Balaban J connectivity index is 1.61. The molecule has 0 aliphatic rings. The number of aryl methyl sites for hydroxylation is 1. The van der Waals surface area contributed by atoms with Gasteiger partial charge in [0, 0.05) is 23.1 Å². The lowest BCUT2D eigenvalue weighted by atomic mass is 10.1. The van der Waals surface area contributed by atoms with Gasteiger partial charge in [0.1, 0.15) is 28.9 Å². The molecule has 1 amide bonds. The number of hydrazone groups is 1. The Labute approximate surface area is 237 Å². The van der Waals surface area contributed by atoms with E-state index >= 15 is 0 Å². The molecule has 4 rings (SSSR count). The van der Waals surface area contributed by atoms with Crippen molar-refractivity contribution in [1.82, 2.24) is 10.4 Å². The number of nitrogens with one attached hydrogen (secondary N) is 1. The molecule has 0 aliphatic heterocycles. The lowest BCUT2D eigenvalue weighted by molar-refractivity contribution is -0.119. The number of rotatable bonds is 10. The summed E-state index contributed by atoms with van der Waals surface area (Å²) < 4.78 is 44.2. The number of nitrogens with zero attached hydrogens (tertiary/aromatic N) is 3. The Hall–Kier alpha value is -4.35. The lowest BCUT2D eigenvalue weighted by Gasteiger charge is -2.25. The van der Waals surface area contributed by atoms with E-state index in [2.05, 4.69) is 15.5 Å². The van der Waals surface area contributed by atoms with Gasteiger partial charge >= 0.3 is 0 Å². The zero-order chi connectivity index (χ0) is 28.9. The molecule has 0 atom stereocenters. The molecule has 1 aromatic heterocycles. The molecule has 0 radical (unpaired) electrons. The highest BCUT2D eigenvalue weighted by atomic mass is 35.5. The van der Waals surface area contributed by atoms with Crippen molar-refractivity contribution >= 4 is 50.3 Å². The van der Waals surface area contributed by atoms with Crippen LogP contribution in [0.3, 0.4) is 0 Å². The molecule has 1 heterocycles. The SMILES string of the molecule is COc1ccc(N(CC(=O)N/N=C\c2cc3ccc(OC)cc3nc2Cl)S(=O)(=O)c2ccc(C)cc2)c(OC)c1. The first kappa shape index (κ1) is 28.7. The number of pyridine rings is 1. The van der Waals surface area contributed by atoms with Crippen molar-refractivity contribution in [3.05, 3.63) is 83.0 Å². The topological polar surface area (TPSA) is 119 Å². The number of carbonyl (C=O) groups excluding carboxylic acids is 1. The van der Waals surface area contributed by atoms with Crippen molar-refractivity contribution in [1.29, 1.82) is 0 Å². The predicted octanol–water partition coefficient (Wildman–Crippen LogP) is 4.57. The van der Waals surface area contributed by atoms with Crippen molar-refractivity contribution in [3.63, 3.8) is 0 Å². The fraction of sp³-hybridized carbons (Fsp3) is 0.179. The van der Waals surface area contributed by atoms with Crippen LogP contribution in [0.4, 0.5) is 5.69 Å². The molecule has 3 aromatic carbocycles. The van der Waals surface area contributed by atoms with Gasteiger partial charge in [-0.1, -0.05) is 29.3 Å². The van der Waals surface area contributed by atoms with Crippen LogP contribution >= 0.6 is 11.6 Å². The van der Waals surface area contributed by atoms with Gasteiger partial charge in [-0.15, -0.1) is 0 Å². The monoisotopic (exact) mass is 582 g/mol. The number of ether oxygens (including phenoxy) is 3. The van der Waals surface area contributed by atoms with Crippen molar-refractivity contribution in [2.45, 2.75) is 11.8 Å². The number of anilines is 1. The highest BCUT2D eigenvalue weighted by Gasteiger charge is 2.29. The third kappa shape index (κ3) is 6.27. The van der Waals surface area contributed by atoms with E-state index in [1.165, 1.54) is 44.7 Å². The zero-order valence-corrected chi connectivity index (χ0v) is 23.8. The second-order valence-corrected chi connectivity index (χ2v) is 10.8. The largest absolute Gasteiger partial charge is 0.497 e. The lowest BCUT2D eigenvalue weighted by Crippen LogP contribution is -2.39. The van der Waals surface area contributed by atoms with Gasteiger partial charge in [0.25, 0.3) is 15.9 Å². The molecular formula is C28H27ClN4O6S. The van der Waals surface area contributed by atoms with Crippen molar-refractivity contribution in [2.24, 2.45) is 5.10 Å². The van der Waals surface area contributed by atoms with E-state index in [1.807, 2.05) is 13.0 Å². The molecule has 0 unspecified atom stereocenters. The maximum Gasteiger partial charge on any atom is 0.264 e. The molecule has 0 aliphatic carbocycles. The van der Waals surface area contributed by atoms with Crippen LogP contribution in [0.15, 0.2) is 76.7 Å². The van der Waals surface area contributed by atoms with Gasteiger partial charge < -0.3 is 14.2 Å². The number of halogens is 1. The van der Waals surface area contributed by atoms with Gasteiger partial charge in [0.2, 0.25) is 0 Å². The number of hydrogen-bond donors (Lipinski definition) is 1. The summed E-state index contributed by atoms with van der Waals surface area (Å²) in [5, 5.41) is 4.94. The normalized spacial score (nSPS) is 11.4. The standard InChI is InChI=1S/C28H27ClN4O6S/c1-18-5-10-23(11-6-18)40(35,36)33(25-12-9-22(38-3)15-26(25)39-4)17-27(34)32-30-16-20-13-19-7-8-21(37-2)14-24(19)31-28(20)29/h5-16H,17H2,1-4H3,(H,32,34)/b30-16-. The highest BCUT2D eigenvalue weighted by Crippen LogP contribution is 2.35. The van der Waals surface area contributed by atoms with Crippen LogP contribution in [0.25, 0.3) is 10.9 Å². The molecule has 0 bridgehead atoms. The fourth-order valence-electron chi connectivity index (χ4n) is 3.82. The number of hydrogen-bond acceptors (Lipinski definition) is 8. The molecule has 40 heavy (non-hydrogen) atoms. The van der Waals surface area contributed by atoms with Crippen LogP contribution in [0.2, 0.25) is 5.15 Å². The van der Waals surface area contributed by atoms with E-state index in [0.717, 1.165) is 15.3 Å². The molecular weight excluding hydrogens is 556 g/mol. The summed E-state index contributed by atoms with van der Waals surface area (Å²) in [5.41, 5.74) is 4.51. The average molecular weight is 583 g/mol. The van der Waals surface area contributed by atoms with Crippen LogP contribution in [0.5, 0.6) is 17.2 Å². The van der Waals surface area contributed by atoms with E-state index < -0.39 is 22.5 Å². The molecule has 10 nitrogen and oxygen atoms in total. The molecule has 0 saturated heterocycles. The van der Waals surface area contributed by atoms with Crippen LogP contribution in [-0.4, -0.2) is 53.4 Å². The number of sulfonamides is 1. The van der Waals surface area contributed by atoms with E-state index in [9.17, 15) is 13.2 Å². The Morgan fingerprint density at radius 3 is 2.33 bits per heavy atom. The van der Waals surface area contributed by atoms with Crippen molar-refractivity contribution < 1.29 is 27.4 Å². The van der Waals surface area contributed by atoms with Gasteiger partial charge in [0.05, 0.1) is 43.6 Å². The summed E-state index contributed by atoms with van der Waals surface area (Å²) in [6, 6.07) is 18.1. The van der Waals surface area contributed by atoms with E-state index in [-0.39, 0.29) is 21.5 Å². The molecule has 0 saturated carbocycles.